The molecular formula is C17H26ClNO. The Hall–Kier alpha value is -0.570. The van der Waals surface area contributed by atoms with Crippen molar-refractivity contribution in [3.63, 3.8) is 0 Å². The molecule has 1 aromatic rings. The van der Waals surface area contributed by atoms with Gasteiger partial charge < -0.3 is 10.8 Å². The molecule has 0 spiro atoms. The number of halogens is 1. The summed E-state index contributed by atoms with van der Waals surface area (Å²) >= 11 is 6.01. The van der Waals surface area contributed by atoms with Gasteiger partial charge in [-0.1, -0.05) is 31.0 Å². The number of rotatable bonds is 4. The summed E-state index contributed by atoms with van der Waals surface area (Å²) in [5.41, 5.74) is 7.93. The Morgan fingerprint density at radius 1 is 1.40 bits per heavy atom. The number of aliphatic hydroxyl groups is 1. The lowest BCUT2D eigenvalue weighted by atomic mass is 9.65. The quantitative estimate of drug-likeness (QED) is 0.873. The molecular weight excluding hydrogens is 270 g/mol. The zero-order valence-corrected chi connectivity index (χ0v) is 13.3. The van der Waals surface area contributed by atoms with Gasteiger partial charge in [-0.25, -0.2) is 0 Å². The number of hydrogen-bond acceptors (Lipinski definition) is 2. The van der Waals surface area contributed by atoms with E-state index in [1.165, 1.54) is 19.3 Å². The predicted molar refractivity (Wildman–Crippen MR) is 84.9 cm³/mol. The van der Waals surface area contributed by atoms with Crippen LogP contribution in [-0.2, 0) is 0 Å². The van der Waals surface area contributed by atoms with E-state index in [4.69, 9.17) is 17.3 Å². The second-order valence-electron chi connectivity index (χ2n) is 6.32. The third-order valence-corrected chi connectivity index (χ3v) is 5.43. The van der Waals surface area contributed by atoms with Gasteiger partial charge >= 0.3 is 0 Å². The average Bonchev–Trinajstić information content (AvgIpc) is 2.46. The van der Waals surface area contributed by atoms with Crippen LogP contribution in [0.3, 0.4) is 0 Å². The fourth-order valence-corrected chi connectivity index (χ4v) is 3.75. The summed E-state index contributed by atoms with van der Waals surface area (Å²) in [5.74, 6) is 0.799. The zero-order valence-electron chi connectivity index (χ0n) is 12.5. The molecule has 20 heavy (non-hydrogen) atoms. The smallest absolute Gasteiger partial charge is 0.0860 e. The van der Waals surface area contributed by atoms with E-state index in [-0.39, 0.29) is 5.41 Å². The maximum absolute atomic E-state index is 10.9. The van der Waals surface area contributed by atoms with Crippen LogP contribution in [0.5, 0.6) is 0 Å². The molecule has 3 N–H and O–H groups in total. The Bertz CT molecular complexity index is 452. The van der Waals surface area contributed by atoms with Crippen LogP contribution in [0.25, 0.3) is 0 Å². The molecule has 1 unspecified atom stereocenters. The Morgan fingerprint density at radius 2 is 2.05 bits per heavy atom. The molecule has 0 amide bonds. The summed E-state index contributed by atoms with van der Waals surface area (Å²) < 4.78 is 0. The lowest BCUT2D eigenvalue weighted by Gasteiger charge is -2.43. The van der Waals surface area contributed by atoms with Gasteiger partial charge in [-0.15, -0.1) is 0 Å². The summed E-state index contributed by atoms with van der Waals surface area (Å²) in [6.45, 7) is 4.80. The molecule has 0 saturated heterocycles. The summed E-state index contributed by atoms with van der Waals surface area (Å²) in [6.07, 6.45) is 5.14. The first-order valence-electron chi connectivity index (χ1n) is 7.66. The Labute approximate surface area is 127 Å². The van der Waals surface area contributed by atoms with Crippen LogP contribution in [0.4, 0.5) is 0 Å². The normalized spacial score (nSPS) is 28.4. The fraction of sp³-hybridized carbons (Fsp3) is 0.647. The first kappa shape index (κ1) is 15.8. The lowest BCUT2D eigenvalue weighted by molar-refractivity contribution is -0.0107. The fourth-order valence-electron chi connectivity index (χ4n) is 3.53. The number of hydrogen-bond donors (Lipinski definition) is 2. The van der Waals surface area contributed by atoms with Crippen molar-refractivity contribution in [2.24, 2.45) is 17.1 Å². The predicted octanol–water partition coefficient (Wildman–Crippen LogP) is 4.23. The molecule has 0 heterocycles. The van der Waals surface area contributed by atoms with Crippen LogP contribution in [0.1, 0.15) is 56.3 Å². The second kappa shape index (κ2) is 6.46. The SMILES string of the molecule is CCC1CCC(CN)(C(O)c2ccc(Cl)cc2C)CC1. The molecule has 1 atom stereocenters. The van der Waals surface area contributed by atoms with Crippen molar-refractivity contribution in [1.29, 1.82) is 0 Å². The van der Waals surface area contributed by atoms with Gasteiger partial charge in [0, 0.05) is 17.0 Å². The third-order valence-electron chi connectivity index (χ3n) is 5.19. The minimum atomic E-state index is -0.484. The molecule has 0 aliphatic heterocycles. The standard InChI is InChI=1S/C17H26ClNO/c1-3-13-6-8-17(11-19,9-7-13)16(20)15-5-4-14(18)10-12(15)2/h4-5,10,13,16,20H,3,6-9,11,19H2,1-2H3. The zero-order chi connectivity index (χ0) is 14.8. The summed E-state index contributed by atoms with van der Waals surface area (Å²) in [6, 6.07) is 5.72. The number of aliphatic hydroxyl groups excluding tert-OH is 1. The van der Waals surface area contributed by atoms with Crippen molar-refractivity contribution in [1.82, 2.24) is 0 Å². The lowest BCUT2D eigenvalue weighted by Crippen LogP contribution is -2.40. The third kappa shape index (κ3) is 3.03. The van der Waals surface area contributed by atoms with E-state index < -0.39 is 6.10 Å². The van der Waals surface area contributed by atoms with E-state index >= 15 is 0 Å². The highest BCUT2D eigenvalue weighted by molar-refractivity contribution is 6.30. The van der Waals surface area contributed by atoms with Gasteiger partial charge in [0.15, 0.2) is 0 Å². The Morgan fingerprint density at radius 3 is 2.55 bits per heavy atom. The van der Waals surface area contributed by atoms with Crippen LogP contribution in [-0.4, -0.2) is 11.7 Å². The van der Waals surface area contributed by atoms with Gasteiger partial charge in [-0.3, -0.25) is 0 Å². The van der Waals surface area contributed by atoms with E-state index in [1.807, 2.05) is 25.1 Å². The molecule has 2 nitrogen and oxygen atoms in total. The van der Waals surface area contributed by atoms with E-state index in [2.05, 4.69) is 6.92 Å². The van der Waals surface area contributed by atoms with Gasteiger partial charge in [-0.2, -0.15) is 0 Å². The highest BCUT2D eigenvalue weighted by atomic mass is 35.5. The van der Waals surface area contributed by atoms with E-state index in [1.54, 1.807) is 0 Å². The van der Waals surface area contributed by atoms with Crippen LogP contribution in [0.2, 0.25) is 5.02 Å². The monoisotopic (exact) mass is 295 g/mol. The Kier molecular flexibility index (Phi) is 5.11. The second-order valence-corrected chi connectivity index (χ2v) is 6.76. The summed E-state index contributed by atoms with van der Waals surface area (Å²) in [4.78, 5) is 0. The molecule has 1 aliphatic rings. The van der Waals surface area contributed by atoms with E-state index in [0.717, 1.165) is 34.9 Å². The van der Waals surface area contributed by atoms with Gasteiger partial charge in [-0.05, 0) is 61.8 Å². The Balaban J connectivity index is 2.23. The molecule has 0 bridgehead atoms. The number of nitrogens with two attached hydrogens (primary N) is 1. The minimum Gasteiger partial charge on any atom is -0.388 e. The van der Waals surface area contributed by atoms with Crippen molar-refractivity contribution in [3.8, 4) is 0 Å². The highest BCUT2D eigenvalue weighted by Gasteiger charge is 2.41. The summed E-state index contributed by atoms with van der Waals surface area (Å²) in [5, 5.41) is 11.6. The van der Waals surface area contributed by atoms with Gasteiger partial charge in [0.25, 0.3) is 0 Å². The summed E-state index contributed by atoms with van der Waals surface area (Å²) in [7, 11) is 0. The molecule has 112 valence electrons. The van der Waals surface area contributed by atoms with Crippen LogP contribution >= 0.6 is 11.6 Å². The van der Waals surface area contributed by atoms with Gasteiger partial charge in [0.2, 0.25) is 0 Å². The molecule has 1 saturated carbocycles. The van der Waals surface area contributed by atoms with Crippen molar-refractivity contribution in [2.75, 3.05) is 6.54 Å². The van der Waals surface area contributed by atoms with Crippen molar-refractivity contribution in [3.05, 3.63) is 34.3 Å². The molecule has 0 aromatic heterocycles. The van der Waals surface area contributed by atoms with Gasteiger partial charge in [0.1, 0.15) is 0 Å². The van der Waals surface area contributed by atoms with Gasteiger partial charge in [0.05, 0.1) is 6.10 Å². The number of benzene rings is 1. The van der Waals surface area contributed by atoms with E-state index in [0.29, 0.717) is 6.54 Å². The molecule has 3 heteroatoms. The maximum Gasteiger partial charge on any atom is 0.0860 e. The highest BCUT2D eigenvalue weighted by Crippen LogP contribution is 2.48. The molecule has 1 fully saturated rings. The first-order valence-corrected chi connectivity index (χ1v) is 8.04. The van der Waals surface area contributed by atoms with Crippen molar-refractivity contribution < 1.29 is 5.11 Å². The number of aryl methyl sites for hydroxylation is 1. The van der Waals surface area contributed by atoms with Crippen LogP contribution < -0.4 is 5.73 Å². The largest absolute Gasteiger partial charge is 0.388 e. The minimum absolute atomic E-state index is 0.162. The molecule has 1 aliphatic carbocycles. The molecule has 2 rings (SSSR count). The van der Waals surface area contributed by atoms with Crippen molar-refractivity contribution in [2.45, 2.75) is 52.1 Å². The van der Waals surface area contributed by atoms with Crippen LogP contribution in [0.15, 0.2) is 18.2 Å². The van der Waals surface area contributed by atoms with Crippen molar-refractivity contribution >= 4 is 11.6 Å². The molecule has 0 radical (unpaired) electrons. The maximum atomic E-state index is 10.9. The average molecular weight is 296 g/mol. The van der Waals surface area contributed by atoms with Crippen LogP contribution in [0, 0.1) is 18.3 Å². The van der Waals surface area contributed by atoms with E-state index in [9.17, 15) is 5.11 Å². The first-order chi connectivity index (χ1) is 9.52. The topological polar surface area (TPSA) is 46.2 Å². The molecule has 1 aromatic carbocycles.